The van der Waals surface area contributed by atoms with E-state index in [1.165, 1.54) is 10.1 Å². The second-order valence-electron chi connectivity index (χ2n) is 11.7. The molecule has 220 valence electrons. The highest BCUT2D eigenvalue weighted by Gasteiger charge is 2.24. The van der Waals surface area contributed by atoms with Gasteiger partial charge in [0.05, 0.1) is 11.2 Å². The molecule has 0 atom stereocenters. The van der Waals surface area contributed by atoms with Crippen LogP contribution in [0.15, 0.2) is 84.9 Å². The summed E-state index contributed by atoms with van der Waals surface area (Å²) in [5, 5.41) is 3.79. The van der Waals surface area contributed by atoms with Gasteiger partial charge in [-0.3, -0.25) is 4.90 Å². The number of ether oxygens (including phenoxy) is 3. The molecule has 0 bridgehead atoms. The maximum atomic E-state index is 13.2. The van der Waals surface area contributed by atoms with Crippen LogP contribution in [0, 0.1) is 0 Å². The van der Waals surface area contributed by atoms with E-state index in [2.05, 4.69) is 34.5 Å². The van der Waals surface area contributed by atoms with Crippen molar-refractivity contribution in [3.63, 3.8) is 0 Å². The van der Waals surface area contributed by atoms with Gasteiger partial charge in [-0.25, -0.2) is 14.2 Å². The topological polar surface area (TPSA) is 82.0 Å². The average molecular weight is 570 g/mol. The molecule has 0 aliphatic carbocycles. The zero-order chi connectivity index (χ0) is 29.5. The van der Waals surface area contributed by atoms with E-state index in [1.54, 1.807) is 0 Å². The van der Waals surface area contributed by atoms with E-state index in [4.69, 9.17) is 14.2 Å². The summed E-state index contributed by atoms with van der Waals surface area (Å²) in [6.07, 6.45) is 0.683. The van der Waals surface area contributed by atoms with Crippen molar-refractivity contribution in [3.05, 3.63) is 102 Å². The van der Waals surface area contributed by atoms with Gasteiger partial charge in [0.15, 0.2) is 0 Å². The Bertz CT molecular complexity index is 1490. The van der Waals surface area contributed by atoms with Crippen LogP contribution in [0.3, 0.4) is 0 Å². The molecule has 1 aliphatic rings. The van der Waals surface area contributed by atoms with Crippen molar-refractivity contribution in [1.29, 1.82) is 0 Å². The number of aromatic nitrogens is 1. The molecule has 1 aromatic heterocycles. The molecule has 0 radical (unpaired) electrons. The third-order valence-corrected chi connectivity index (χ3v) is 7.18. The number of piperidine rings is 1. The fourth-order valence-electron chi connectivity index (χ4n) is 5.14. The number of carbonyl (C=O) groups is 2. The number of benzene rings is 3. The Morgan fingerprint density at radius 1 is 0.857 bits per heavy atom. The van der Waals surface area contributed by atoms with E-state index >= 15 is 0 Å². The molecule has 1 aliphatic heterocycles. The van der Waals surface area contributed by atoms with Crippen LogP contribution < -0.4 is 10.1 Å². The van der Waals surface area contributed by atoms with E-state index < -0.39 is 17.8 Å². The number of alkyl carbamates (subject to hydrolysis) is 1. The van der Waals surface area contributed by atoms with Gasteiger partial charge in [-0.15, -0.1) is 0 Å². The normalized spacial score (nSPS) is 14.5. The van der Waals surface area contributed by atoms with E-state index in [0.717, 1.165) is 43.4 Å². The van der Waals surface area contributed by atoms with Crippen molar-refractivity contribution >= 4 is 23.1 Å². The minimum atomic E-state index is -0.683. The summed E-state index contributed by atoms with van der Waals surface area (Å²) in [6, 6.07) is 27.8. The molecule has 8 nitrogen and oxygen atoms in total. The smallest absolute Gasteiger partial charge is 0.419 e. The lowest BCUT2D eigenvalue weighted by atomic mass is 10.0. The monoisotopic (exact) mass is 569 g/mol. The first-order chi connectivity index (χ1) is 20.2. The summed E-state index contributed by atoms with van der Waals surface area (Å²) in [5.41, 5.74) is 2.84. The predicted octanol–water partition coefficient (Wildman–Crippen LogP) is 6.89. The Balaban J connectivity index is 1.22. The number of hydrogen-bond acceptors (Lipinski definition) is 6. The molecule has 4 aromatic rings. The van der Waals surface area contributed by atoms with Crippen molar-refractivity contribution in [2.45, 2.75) is 65.0 Å². The maximum Gasteiger partial charge on any atom is 0.419 e. The predicted molar refractivity (Wildman–Crippen MR) is 162 cm³/mol. The summed E-state index contributed by atoms with van der Waals surface area (Å²) in [6.45, 7) is 8.53. The molecule has 42 heavy (non-hydrogen) atoms. The van der Waals surface area contributed by atoms with E-state index in [-0.39, 0.29) is 12.6 Å². The second kappa shape index (κ2) is 13.1. The number of nitrogens with one attached hydrogen (secondary N) is 1. The summed E-state index contributed by atoms with van der Waals surface area (Å²) < 4.78 is 18.8. The lowest BCUT2D eigenvalue weighted by molar-refractivity contribution is 0.0528. The van der Waals surface area contributed by atoms with E-state index in [0.29, 0.717) is 23.6 Å². The maximum absolute atomic E-state index is 13.2. The zero-order valence-electron chi connectivity index (χ0n) is 24.5. The molecular weight excluding hydrogens is 530 g/mol. The quantitative estimate of drug-likeness (QED) is 0.249. The van der Waals surface area contributed by atoms with Gasteiger partial charge in [-0.05, 0) is 69.0 Å². The number of fused-ring (bicyclic) bond motifs is 1. The Morgan fingerprint density at radius 3 is 2.19 bits per heavy atom. The van der Waals surface area contributed by atoms with Crippen molar-refractivity contribution < 1.29 is 23.8 Å². The number of rotatable bonds is 8. The van der Waals surface area contributed by atoms with Gasteiger partial charge in [0, 0.05) is 31.1 Å². The molecule has 1 amide bonds. The largest absolute Gasteiger partial charge is 0.489 e. The standard InChI is InChI=1S/C34H39N3O5/c1-34(2,3)42-33(39)37-29(20-27-21-30(14-15-31(27)37)40-23-26-12-8-5-9-13-26)24-41-32(38)35-28-16-18-36(19-17-28)22-25-10-6-4-7-11-25/h4-15,20-21,28H,16-19,22-24H2,1-3H3,(H,35,38). The Labute approximate surface area is 247 Å². The number of carbonyl (C=O) groups excluding carboxylic acids is 2. The molecule has 2 heterocycles. The van der Waals surface area contributed by atoms with Crippen LogP contribution in [-0.4, -0.2) is 46.4 Å². The molecule has 3 aromatic carbocycles. The molecule has 1 fully saturated rings. The number of amides is 1. The first-order valence-corrected chi connectivity index (χ1v) is 14.5. The summed E-state index contributed by atoms with van der Waals surface area (Å²) in [5.74, 6) is 0.677. The molecule has 5 rings (SSSR count). The SMILES string of the molecule is CC(C)(C)OC(=O)n1c(COC(=O)NC2CCN(Cc3ccccc3)CC2)cc2cc(OCc3ccccc3)ccc21. The Morgan fingerprint density at radius 2 is 1.52 bits per heavy atom. The number of hydrogen-bond donors (Lipinski definition) is 1. The highest BCUT2D eigenvalue weighted by molar-refractivity contribution is 5.91. The van der Waals surface area contributed by atoms with Crippen LogP contribution in [0.5, 0.6) is 5.75 Å². The third kappa shape index (κ3) is 7.91. The van der Waals surface area contributed by atoms with Gasteiger partial charge in [0.2, 0.25) is 0 Å². The summed E-state index contributed by atoms with van der Waals surface area (Å²) >= 11 is 0. The van der Waals surface area contributed by atoms with Crippen LogP contribution in [-0.2, 0) is 29.2 Å². The molecule has 1 saturated heterocycles. The first-order valence-electron chi connectivity index (χ1n) is 14.5. The van der Waals surface area contributed by atoms with Crippen molar-refractivity contribution in [2.75, 3.05) is 13.1 Å². The second-order valence-corrected chi connectivity index (χ2v) is 11.7. The molecular formula is C34H39N3O5. The highest BCUT2D eigenvalue weighted by atomic mass is 16.6. The third-order valence-electron chi connectivity index (χ3n) is 7.18. The first kappa shape index (κ1) is 29.2. The molecule has 8 heteroatoms. The Hall–Kier alpha value is -4.30. The van der Waals surface area contributed by atoms with Crippen LogP contribution >= 0.6 is 0 Å². The lowest BCUT2D eigenvalue weighted by Crippen LogP contribution is -2.44. The minimum absolute atomic E-state index is 0.0468. The van der Waals surface area contributed by atoms with Gasteiger partial charge in [0.25, 0.3) is 0 Å². The number of nitrogens with zero attached hydrogens (tertiary/aromatic N) is 2. The van der Waals surface area contributed by atoms with Gasteiger partial charge in [-0.1, -0.05) is 60.7 Å². The van der Waals surface area contributed by atoms with Crippen LogP contribution in [0.25, 0.3) is 10.9 Å². The fraction of sp³-hybridized carbons (Fsp3) is 0.353. The summed E-state index contributed by atoms with van der Waals surface area (Å²) in [7, 11) is 0. The number of likely N-dealkylation sites (tertiary alicyclic amines) is 1. The van der Waals surface area contributed by atoms with Crippen LogP contribution in [0.2, 0.25) is 0 Å². The molecule has 0 saturated carbocycles. The Kier molecular flexibility index (Phi) is 9.12. The van der Waals surface area contributed by atoms with Crippen LogP contribution in [0.1, 0.15) is 50.4 Å². The molecule has 1 N–H and O–H groups in total. The van der Waals surface area contributed by atoms with Gasteiger partial charge in [0.1, 0.15) is 24.6 Å². The molecule has 0 spiro atoms. The highest BCUT2D eigenvalue weighted by Crippen LogP contribution is 2.27. The zero-order valence-corrected chi connectivity index (χ0v) is 24.5. The van der Waals surface area contributed by atoms with Crippen LogP contribution in [0.4, 0.5) is 9.59 Å². The van der Waals surface area contributed by atoms with E-state index in [9.17, 15) is 9.59 Å². The van der Waals surface area contributed by atoms with Gasteiger partial charge >= 0.3 is 12.2 Å². The molecule has 0 unspecified atom stereocenters. The van der Waals surface area contributed by atoms with Gasteiger partial charge in [-0.2, -0.15) is 0 Å². The van der Waals surface area contributed by atoms with Gasteiger partial charge < -0.3 is 19.5 Å². The average Bonchev–Trinajstić information content (AvgIpc) is 3.34. The fourth-order valence-corrected chi connectivity index (χ4v) is 5.14. The van der Waals surface area contributed by atoms with Crippen molar-refractivity contribution in [2.24, 2.45) is 0 Å². The van der Waals surface area contributed by atoms with E-state index in [1.807, 2.05) is 81.4 Å². The van der Waals surface area contributed by atoms with Crippen molar-refractivity contribution in [1.82, 2.24) is 14.8 Å². The summed E-state index contributed by atoms with van der Waals surface area (Å²) in [4.78, 5) is 28.4. The minimum Gasteiger partial charge on any atom is -0.489 e. The lowest BCUT2D eigenvalue weighted by Gasteiger charge is -2.32. The van der Waals surface area contributed by atoms with Crippen molar-refractivity contribution in [3.8, 4) is 5.75 Å².